The van der Waals surface area contributed by atoms with Crippen LogP contribution < -0.4 is 0 Å². The van der Waals surface area contributed by atoms with Crippen molar-refractivity contribution < 1.29 is 0 Å². The van der Waals surface area contributed by atoms with Gasteiger partial charge in [-0.3, -0.25) is 0 Å². The first-order valence-corrected chi connectivity index (χ1v) is 9.12. The van der Waals surface area contributed by atoms with Crippen molar-refractivity contribution in [3.05, 3.63) is 84.0 Å². The Labute approximate surface area is 149 Å². The minimum Gasteiger partial charge on any atom is -0.343 e. The molecule has 0 radical (unpaired) electrons. The van der Waals surface area contributed by atoms with Gasteiger partial charge in [-0.25, -0.2) is 0 Å². The Morgan fingerprint density at radius 3 is 2.36 bits per heavy atom. The van der Waals surface area contributed by atoms with Gasteiger partial charge in [0.2, 0.25) is 0 Å². The van der Waals surface area contributed by atoms with Crippen molar-refractivity contribution in [3.63, 3.8) is 0 Å². The lowest BCUT2D eigenvalue weighted by molar-refractivity contribution is 0.268. The molecule has 2 aromatic carbocycles. The van der Waals surface area contributed by atoms with Crippen molar-refractivity contribution >= 4 is 10.9 Å². The summed E-state index contributed by atoms with van der Waals surface area (Å²) < 4.78 is 2.39. The number of hydrogen-bond acceptors (Lipinski definition) is 0. The van der Waals surface area contributed by atoms with E-state index in [4.69, 9.17) is 0 Å². The molecule has 5 rings (SSSR count). The van der Waals surface area contributed by atoms with Crippen LogP contribution in [0.15, 0.2) is 72.8 Å². The number of nitrogens with zero attached hydrogens (tertiary/aromatic N) is 1. The maximum Gasteiger partial charge on any atom is 0.0530 e. The van der Waals surface area contributed by atoms with Gasteiger partial charge in [0.15, 0.2) is 0 Å². The maximum absolute atomic E-state index is 2.43. The lowest BCUT2D eigenvalue weighted by Crippen LogP contribution is -2.28. The summed E-state index contributed by atoms with van der Waals surface area (Å²) >= 11 is 0. The van der Waals surface area contributed by atoms with Crippen molar-refractivity contribution in [2.24, 2.45) is 18.4 Å². The molecule has 1 aromatic heterocycles. The summed E-state index contributed by atoms with van der Waals surface area (Å²) in [5.41, 5.74) is 7.25. The highest BCUT2D eigenvalue weighted by atomic mass is 15.0. The highest BCUT2D eigenvalue weighted by Gasteiger charge is 2.45. The van der Waals surface area contributed by atoms with Crippen molar-refractivity contribution in [2.75, 3.05) is 0 Å². The molecular weight excluding hydrogens is 302 g/mol. The Morgan fingerprint density at radius 2 is 1.56 bits per heavy atom. The summed E-state index contributed by atoms with van der Waals surface area (Å²) in [5.74, 6) is 0.873. The van der Waals surface area contributed by atoms with E-state index in [1.165, 1.54) is 33.3 Å². The minimum absolute atomic E-state index is 0.120. The van der Waals surface area contributed by atoms with E-state index in [9.17, 15) is 0 Å². The summed E-state index contributed by atoms with van der Waals surface area (Å²) in [7, 11) is 2.21. The van der Waals surface area contributed by atoms with E-state index in [1.807, 2.05) is 0 Å². The smallest absolute Gasteiger partial charge is 0.0530 e. The molecule has 0 saturated carbocycles. The number of rotatable bonds is 2. The second kappa shape index (κ2) is 4.98. The van der Waals surface area contributed by atoms with Crippen LogP contribution in [0.1, 0.15) is 30.9 Å². The predicted molar refractivity (Wildman–Crippen MR) is 106 cm³/mol. The Balaban J connectivity index is 1.85. The Kier molecular flexibility index (Phi) is 2.94. The van der Waals surface area contributed by atoms with E-state index in [2.05, 4.69) is 98.3 Å². The number of allylic oxidation sites excluding steroid dienone is 4. The van der Waals surface area contributed by atoms with Gasteiger partial charge in [0.05, 0.1) is 5.69 Å². The van der Waals surface area contributed by atoms with Crippen LogP contribution >= 0.6 is 0 Å². The third kappa shape index (κ3) is 1.84. The number of fused-ring (bicyclic) bond motifs is 5. The van der Waals surface area contributed by atoms with Gasteiger partial charge >= 0.3 is 0 Å². The van der Waals surface area contributed by atoms with Crippen LogP contribution in [-0.4, -0.2) is 4.57 Å². The van der Waals surface area contributed by atoms with Gasteiger partial charge in [-0.15, -0.1) is 0 Å². The largest absolute Gasteiger partial charge is 0.343 e. The van der Waals surface area contributed by atoms with Crippen LogP contribution in [0.25, 0.3) is 22.2 Å². The highest BCUT2D eigenvalue weighted by Crippen LogP contribution is 2.58. The van der Waals surface area contributed by atoms with Crippen LogP contribution in [0.3, 0.4) is 0 Å². The SMILES string of the molecule is Cn1c2c(c3ccccc31)C(C(C)(C)C1C=CC=C1)c1ccccc1-2. The monoisotopic (exact) mass is 325 g/mol. The molecule has 1 heteroatoms. The van der Waals surface area contributed by atoms with E-state index in [1.54, 1.807) is 0 Å². The predicted octanol–water partition coefficient (Wildman–Crippen LogP) is 6.06. The normalized spacial score (nSPS) is 18.9. The van der Waals surface area contributed by atoms with Crippen LogP contribution in [0.5, 0.6) is 0 Å². The molecule has 0 spiro atoms. The zero-order chi connectivity index (χ0) is 17.2. The van der Waals surface area contributed by atoms with E-state index in [0.717, 1.165) is 0 Å². The molecule has 2 aliphatic rings. The van der Waals surface area contributed by atoms with Crippen LogP contribution in [0.2, 0.25) is 0 Å². The third-order valence-electron chi connectivity index (χ3n) is 6.31. The first-order chi connectivity index (χ1) is 12.1. The fraction of sp³-hybridized carbons (Fsp3) is 0.250. The number of hydrogen-bond donors (Lipinski definition) is 0. The van der Waals surface area contributed by atoms with Crippen molar-refractivity contribution in [3.8, 4) is 11.3 Å². The fourth-order valence-electron chi connectivity index (χ4n) is 5.05. The topological polar surface area (TPSA) is 4.93 Å². The average molecular weight is 325 g/mol. The summed E-state index contributed by atoms with van der Waals surface area (Å²) in [6, 6.07) is 17.8. The van der Waals surface area contributed by atoms with Gasteiger partial charge in [-0.2, -0.15) is 0 Å². The Hall–Kier alpha value is -2.54. The molecular formula is C24H23N. The van der Waals surface area contributed by atoms with Gasteiger partial charge in [-0.1, -0.05) is 80.6 Å². The average Bonchev–Trinajstić information content (AvgIpc) is 3.32. The molecule has 1 nitrogen and oxygen atoms in total. The van der Waals surface area contributed by atoms with Crippen molar-refractivity contribution in [2.45, 2.75) is 19.8 Å². The number of benzene rings is 2. The third-order valence-corrected chi connectivity index (χ3v) is 6.31. The molecule has 1 atom stereocenters. The van der Waals surface area contributed by atoms with Gasteiger partial charge in [0.1, 0.15) is 0 Å². The molecule has 1 heterocycles. The Bertz CT molecular complexity index is 1030. The molecule has 0 aliphatic heterocycles. The summed E-state index contributed by atoms with van der Waals surface area (Å²) in [5, 5.41) is 1.40. The molecule has 0 saturated heterocycles. The molecule has 1 unspecified atom stereocenters. The minimum atomic E-state index is 0.120. The lowest BCUT2D eigenvalue weighted by atomic mass is 9.66. The van der Waals surface area contributed by atoms with E-state index in [-0.39, 0.29) is 5.41 Å². The molecule has 0 fully saturated rings. The van der Waals surface area contributed by atoms with E-state index in [0.29, 0.717) is 11.8 Å². The molecule has 0 N–H and O–H groups in total. The standard InChI is InChI=1S/C24H23N/c1-24(2,16-10-4-5-11-16)22-17-12-6-7-13-18(17)23-21(22)19-14-8-9-15-20(19)25(23)3/h4-16,22H,1-3H3. The lowest BCUT2D eigenvalue weighted by Gasteiger charge is -2.37. The molecule has 3 aromatic rings. The van der Waals surface area contributed by atoms with Crippen molar-refractivity contribution in [1.82, 2.24) is 4.57 Å². The van der Waals surface area contributed by atoms with Gasteiger partial charge < -0.3 is 4.57 Å². The van der Waals surface area contributed by atoms with Gasteiger partial charge in [-0.05, 0) is 22.6 Å². The summed E-state index contributed by atoms with van der Waals surface area (Å²) in [6.45, 7) is 4.85. The Morgan fingerprint density at radius 1 is 0.880 bits per heavy atom. The second-order valence-corrected chi connectivity index (χ2v) is 7.98. The van der Waals surface area contributed by atoms with Crippen LogP contribution in [0.4, 0.5) is 0 Å². The number of aromatic nitrogens is 1. The van der Waals surface area contributed by atoms with Gasteiger partial charge in [0.25, 0.3) is 0 Å². The zero-order valence-electron chi connectivity index (χ0n) is 15.0. The van der Waals surface area contributed by atoms with Gasteiger partial charge in [0, 0.05) is 35.3 Å². The second-order valence-electron chi connectivity index (χ2n) is 7.98. The summed E-state index contributed by atoms with van der Waals surface area (Å²) in [4.78, 5) is 0. The molecule has 2 aliphatic carbocycles. The molecule has 25 heavy (non-hydrogen) atoms. The van der Waals surface area contributed by atoms with E-state index < -0.39 is 0 Å². The quantitative estimate of drug-likeness (QED) is 0.540. The molecule has 0 amide bonds. The number of aryl methyl sites for hydroxylation is 1. The maximum atomic E-state index is 2.43. The highest BCUT2D eigenvalue weighted by molar-refractivity contribution is 5.96. The first kappa shape index (κ1) is 14.8. The van der Waals surface area contributed by atoms with Crippen LogP contribution in [0, 0.1) is 11.3 Å². The molecule has 0 bridgehead atoms. The molecule has 124 valence electrons. The van der Waals surface area contributed by atoms with E-state index >= 15 is 0 Å². The zero-order valence-corrected chi connectivity index (χ0v) is 15.0. The fourth-order valence-corrected chi connectivity index (χ4v) is 5.05. The van der Waals surface area contributed by atoms with Crippen LogP contribution in [-0.2, 0) is 7.05 Å². The first-order valence-electron chi connectivity index (χ1n) is 9.12. The summed E-state index contributed by atoms with van der Waals surface area (Å²) in [6.07, 6.45) is 9.09. The number of para-hydroxylation sites is 1. The van der Waals surface area contributed by atoms with Crippen molar-refractivity contribution in [1.29, 1.82) is 0 Å².